The van der Waals surface area contributed by atoms with Crippen molar-refractivity contribution < 1.29 is 24.2 Å². The molecule has 0 bridgehead atoms. The summed E-state index contributed by atoms with van der Waals surface area (Å²) in [6.45, 7) is 7.54. The highest BCUT2D eigenvalue weighted by atomic mass is 16.7. The van der Waals surface area contributed by atoms with Crippen molar-refractivity contribution in [2.24, 2.45) is 0 Å². The van der Waals surface area contributed by atoms with Crippen LogP contribution in [0.4, 0.5) is 4.79 Å². The number of benzene rings is 1. The van der Waals surface area contributed by atoms with Gasteiger partial charge in [-0.1, -0.05) is 26.8 Å². The van der Waals surface area contributed by atoms with Crippen molar-refractivity contribution in [3.8, 4) is 11.5 Å². The average molecular weight is 391 g/mol. The maximum atomic E-state index is 12.3. The minimum Gasteiger partial charge on any atom is -0.480 e. The van der Waals surface area contributed by atoms with Gasteiger partial charge in [-0.05, 0) is 37.1 Å². The van der Waals surface area contributed by atoms with Crippen molar-refractivity contribution in [1.82, 2.24) is 15.5 Å². The van der Waals surface area contributed by atoms with Crippen molar-refractivity contribution in [2.45, 2.75) is 51.1 Å². The van der Waals surface area contributed by atoms with Gasteiger partial charge < -0.3 is 25.2 Å². The molecule has 0 spiro atoms. The van der Waals surface area contributed by atoms with Crippen LogP contribution in [0.2, 0.25) is 0 Å². The van der Waals surface area contributed by atoms with Gasteiger partial charge >= 0.3 is 12.0 Å². The van der Waals surface area contributed by atoms with Crippen LogP contribution in [0.15, 0.2) is 18.2 Å². The second kappa shape index (κ2) is 8.26. The molecule has 2 amide bonds. The summed E-state index contributed by atoms with van der Waals surface area (Å²) in [5, 5.41) is 14.9. The topological polar surface area (TPSA) is 100 Å². The number of hydrogen-bond acceptors (Lipinski definition) is 5. The minimum absolute atomic E-state index is 0.0454. The van der Waals surface area contributed by atoms with Crippen LogP contribution >= 0.6 is 0 Å². The van der Waals surface area contributed by atoms with E-state index in [2.05, 4.69) is 24.5 Å². The number of carboxylic acids is 1. The fourth-order valence-electron chi connectivity index (χ4n) is 3.63. The number of carbonyl (C=O) groups is 2. The largest absolute Gasteiger partial charge is 0.480 e. The number of nitrogens with one attached hydrogen (secondary N) is 2. The number of rotatable bonds is 8. The van der Waals surface area contributed by atoms with Crippen LogP contribution in [0.3, 0.4) is 0 Å². The van der Waals surface area contributed by atoms with Crippen molar-refractivity contribution in [2.75, 3.05) is 26.4 Å². The average Bonchev–Trinajstić information content (AvgIpc) is 3.08. The van der Waals surface area contributed by atoms with E-state index in [1.807, 2.05) is 30.0 Å². The molecule has 8 nitrogen and oxygen atoms in total. The van der Waals surface area contributed by atoms with Gasteiger partial charge in [0.1, 0.15) is 0 Å². The van der Waals surface area contributed by atoms with Crippen molar-refractivity contribution >= 4 is 12.0 Å². The third kappa shape index (κ3) is 4.67. The van der Waals surface area contributed by atoms with Crippen LogP contribution in [0, 0.1) is 0 Å². The summed E-state index contributed by atoms with van der Waals surface area (Å²) in [6, 6.07) is 5.95. The lowest BCUT2D eigenvalue weighted by Crippen LogP contribution is -2.56. The number of ether oxygens (including phenoxy) is 2. The number of carboxylic acid groups (broad SMARTS) is 1. The number of likely N-dealkylation sites (N-methyl/N-ethyl adjacent to an activating group) is 1. The lowest BCUT2D eigenvalue weighted by molar-refractivity contribution is -0.139. The summed E-state index contributed by atoms with van der Waals surface area (Å²) in [6.07, 6.45) is 1.56. The Morgan fingerprint density at radius 1 is 1.25 bits per heavy atom. The molecule has 0 radical (unpaired) electrons. The SMILES string of the molecule is CCN(CC(=O)O)C1CC(NC(=O)NCC(C)(C)c2ccc3c(c2)OCO3)C1. The van der Waals surface area contributed by atoms with Crippen LogP contribution in [-0.2, 0) is 10.2 Å². The first-order chi connectivity index (χ1) is 13.3. The minimum atomic E-state index is -0.818. The Morgan fingerprint density at radius 3 is 2.64 bits per heavy atom. The van der Waals surface area contributed by atoms with E-state index < -0.39 is 5.97 Å². The molecule has 1 aromatic carbocycles. The van der Waals surface area contributed by atoms with Gasteiger partial charge in [0.05, 0.1) is 6.54 Å². The number of urea groups is 1. The fourth-order valence-corrected chi connectivity index (χ4v) is 3.63. The highest BCUT2D eigenvalue weighted by Crippen LogP contribution is 2.36. The Balaban J connectivity index is 1.44. The van der Waals surface area contributed by atoms with Gasteiger partial charge in [-0.2, -0.15) is 0 Å². The monoisotopic (exact) mass is 391 g/mol. The van der Waals surface area contributed by atoms with Crippen LogP contribution in [0.1, 0.15) is 39.2 Å². The first-order valence-corrected chi connectivity index (χ1v) is 9.69. The lowest BCUT2D eigenvalue weighted by atomic mass is 9.84. The standard InChI is InChI=1S/C20H29N3O5/c1-4-23(10-18(24)25)15-8-14(9-15)22-19(26)21-11-20(2,3)13-5-6-16-17(7-13)28-12-27-16/h5-7,14-15H,4,8-12H2,1-3H3,(H,24,25)(H2,21,22,26). The maximum absolute atomic E-state index is 12.3. The molecule has 0 unspecified atom stereocenters. The second-order valence-corrected chi connectivity index (χ2v) is 8.06. The van der Waals surface area contributed by atoms with Gasteiger partial charge in [0, 0.05) is 24.0 Å². The maximum Gasteiger partial charge on any atom is 0.317 e. The molecule has 28 heavy (non-hydrogen) atoms. The molecule has 1 heterocycles. The molecular weight excluding hydrogens is 362 g/mol. The zero-order valence-electron chi connectivity index (χ0n) is 16.7. The van der Waals surface area contributed by atoms with Crippen LogP contribution in [-0.4, -0.2) is 60.5 Å². The summed E-state index contributed by atoms with van der Waals surface area (Å²) in [5.41, 5.74) is 0.800. The molecule has 154 valence electrons. The number of amides is 2. The highest BCUT2D eigenvalue weighted by molar-refractivity contribution is 5.74. The van der Waals surface area contributed by atoms with Crippen LogP contribution < -0.4 is 20.1 Å². The number of carbonyl (C=O) groups excluding carboxylic acids is 1. The fraction of sp³-hybridized carbons (Fsp3) is 0.600. The molecule has 1 fully saturated rings. The number of fused-ring (bicyclic) bond motifs is 1. The van der Waals surface area contributed by atoms with Gasteiger partial charge in [0.25, 0.3) is 0 Å². The predicted octanol–water partition coefficient (Wildman–Crippen LogP) is 1.93. The summed E-state index contributed by atoms with van der Waals surface area (Å²) >= 11 is 0. The van der Waals surface area contributed by atoms with Crippen molar-refractivity contribution in [3.05, 3.63) is 23.8 Å². The Morgan fingerprint density at radius 2 is 1.96 bits per heavy atom. The first-order valence-electron chi connectivity index (χ1n) is 9.69. The van der Waals surface area contributed by atoms with Crippen LogP contribution in [0.25, 0.3) is 0 Å². The zero-order valence-corrected chi connectivity index (χ0v) is 16.7. The van der Waals surface area contributed by atoms with Gasteiger partial charge in [0.2, 0.25) is 6.79 Å². The van der Waals surface area contributed by atoms with E-state index in [0.29, 0.717) is 13.1 Å². The number of hydrogen-bond donors (Lipinski definition) is 3. The summed E-state index contributed by atoms with van der Waals surface area (Å²) in [7, 11) is 0. The van der Waals surface area contributed by atoms with Gasteiger partial charge in [-0.25, -0.2) is 4.79 Å². The van der Waals surface area contributed by atoms with Crippen molar-refractivity contribution in [3.63, 3.8) is 0 Å². The summed E-state index contributed by atoms with van der Waals surface area (Å²) in [5.74, 6) is 0.660. The predicted molar refractivity (Wildman–Crippen MR) is 104 cm³/mol. The van der Waals surface area contributed by atoms with E-state index in [4.69, 9.17) is 14.6 Å². The molecule has 1 saturated carbocycles. The van der Waals surface area contributed by atoms with Crippen molar-refractivity contribution in [1.29, 1.82) is 0 Å². The zero-order chi connectivity index (χ0) is 20.3. The van der Waals surface area contributed by atoms with E-state index in [0.717, 1.165) is 29.9 Å². The lowest BCUT2D eigenvalue weighted by Gasteiger charge is -2.42. The molecule has 0 saturated heterocycles. The molecule has 0 atom stereocenters. The normalized spacial score (nSPS) is 20.6. The first kappa shape index (κ1) is 20.3. The van der Waals surface area contributed by atoms with Gasteiger partial charge in [-0.3, -0.25) is 9.69 Å². The van der Waals surface area contributed by atoms with E-state index >= 15 is 0 Å². The molecular formula is C20H29N3O5. The van der Waals surface area contributed by atoms with E-state index in [9.17, 15) is 9.59 Å². The molecule has 1 aliphatic carbocycles. The smallest absolute Gasteiger partial charge is 0.317 e. The number of aliphatic carboxylic acids is 1. The quantitative estimate of drug-likeness (QED) is 0.626. The van der Waals surface area contributed by atoms with Gasteiger partial charge in [0.15, 0.2) is 11.5 Å². The van der Waals surface area contributed by atoms with E-state index in [1.165, 1.54) is 0 Å². The summed E-state index contributed by atoms with van der Waals surface area (Å²) < 4.78 is 10.8. The number of nitrogens with zero attached hydrogens (tertiary/aromatic N) is 1. The highest BCUT2D eigenvalue weighted by Gasteiger charge is 2.35. The molecule has 3 rings (SSSR count). The van der Waals surface area contributed by atoms with Gasteiger partial charge in [-0.15, -0.1) is 0 Å². The molecule has 3 N–H and O–H groups in total. The third-order valence-corrected chi connectivity index (χ3v) is 5.55. The Hall–Kier alpha value is -2.48. The molecule has 1 aliphatic heterocycles. The van der Waals surface area contributed by atoms with E-state index in [-0.39, 0.29) is 36.9 Å². The molecule has 8 heteroatoms. The molecule has 1 aromatic rings. The Bertz CT molecular complexity index is 731. The summed E-state index contributed by atoms with van der Waals surface area (Å²) in [4.78, 5) is 25.1. The van der Waals surface area contributed by atoms with Crippen LogP contribution in [0.5, 0.6) is 11.5 Å². The molecule has 0 aromatic heterocycles. The Labute approximate surface area is 165 Å². The third-order valence-electron chi connectivity index (χ3n) is 5.55. The van der Waals surface area contributed by atoms with E-state index in [1.54, 1.807) is 0 Å². The Kier molecular flexibility index (Phi) is 5.98. The second-order valence-electron chi connectivity index (χ2n) is 8.06. The molecule has 2 aliphatic rings.